The summed E-state index contributed by atoms with van der Waals surface area (Å²) < 4.78 is 5.05. The highest BCUT2D eigenvalue weighted by atomic mass is 35.5. The molecular formula is C16H26ClNO2. The molecule has 0 radical (unpaired) electrons. The number of nitrogens with zero attached hydrogens (tertiary/aromatic N) is 1. The van der Waals surface area contributed by atoms with E-state index in [2.05, 4.69) is 0 Å². The monoisotopic (exact) mass is 299 g/mol. The Hall–Kier alpha value is -0.280. The zero-order chi connectivity index (χ0) is 14.3. The van der Waals surface area contributed by atoms with Gasteiger partial charge in [0.15, 0.2) is 0 Å². The molecule has 0 saturated heterocycles. The summed E-state index contributed by atoms with van der Waals surface area (Å²) >= 11 is 6.19. The topological polar surface area (TPSA) is 29.5 Å². The van der Waals surface area contributed by atoms with Crippen LogP contribution in [0.3, 0.4) is 0 Å². The van der Waals surface area contributed by atoms with Gasteiger partial charge in [0, 0.05) is 26.6 Å². The molecule has 1 amide bonds. The van der Waals surface area contributed by atoms with Crippen LogP contribution in [0.1, 0.15) is 32.1 Å². The van der Waals surface area contributed by atoms with E-state index in [1.54, 1.807) is 7.11 Å². The third-order valence-corrected chi connectivity index (χ3v) is 5.97. The molecule has 4 saturated carbocycles. The molecule has 20 heavy (non-hydrogen) atoms. The van der Waals surface area contributed by atoms with E-state index in [1.807, 2.05) is 11.9 Å². The summed E-state index contributed by atoms with van der Waals surface area (Å²) in [7, 11) is 3.55. The first-order chi connectivity index (χ1) is 9.58. The number of ether oxygens (including phenoxy) is 1. The lowest BCUT2D eigenvalue weighted by Gasteiger charge is -2.54. The summed E-state index contributed by atoms with van der Waals surface area (Å²) in [4.78, 5) is 14.7. The van der Waals surface area contributed by atoms with Crippen LogP contribution in [-0.2, 0) is 9.53 Å². The number of alkyl halides is 1. The van der Waals surface area contributed by atoms with E-state index < -0.39 is 0 Å². The number of amides is 1. The van der Waals surface area contributed by atoms with Gasteiger partial charge < -0.3 is 9.64 Å². The average Bonchev–Trinajstić information content (AvgIpc) is 2.37. The first-order valence-corrected chi connectivity index (χ1v) is 8.40. The predicted octanol–water partition coefficient (Wildman–Crippen LogP) is 2.77. The van der Waals surface area contributed by atoms with Crippen LogP contribution in [0, 0.1) is 29.6 Å². The molecule has 3 nitrogen and oxygen atoms in total. The highest BCUT2D eigenvalue weighted by Gasteiger charge is 2.51. The van der Waals surface area contributed by atoms with Gasteiger partial charge in [0.25, 0.3) is 0 Å². The molecule has 4 bridgehead atoms. The van der Waals surface area contributed by atoms with Gasteiger partial charge in [0.2, 0.25) is 5.91 Å². The zero-order valence-corrected chi connectivity index (χ0v) is 13.3. The largest absolute Gasteiger partial charge is 0.383 e. The average molecular weight is 300 g/mol. The van der Waals surface area contributed by atoms with Crippen molar-refractivity contribution in [2.75, 3.05) is 27.3 Å². The Morgan fingerprint density at radius 3 is 2.25 bits per heavy atom. The molecule has 4 aliphatic carbocycles. The molecule has 0 aromatic rings. The van der Waals surface area contributed by atoms with E-state index in [0.29, 0.717) is 30.9 Å². The van der Waals surface area contributed by atoms with Crippen molar-refractivity contribution < 1.29 is 9.53 Å². The number of halogens is 1. The molecule has 4 heteroatoms. The van der Waals surface area contributed by atoms with Crippen molar-refractivity contribution in [2.45, 2.75) is 37.5 Å². The third kappa shape index (κ3) is 2.71. The molecule has 1 atom stereocenters. The SMILES string of the molecule is COCC(Cl)CN(C)C(=O)C1C2CC3CC(C2)CC1C3. The standard InChI is InChI=1S/C16H26ClNO2/c1-18(8-14(17)9-20-2)16(19)15-12-4-10-3-11(6-12)7-13(15)5-10/h10-15H,3-9H2,1-2H3. The van der Waals surface area contributed by atoms with Crippen molar-refractivity contribution in [3.63, 3.8) is 0 Å². The van der Waals surface area contributed by atoms with E-state index in [-0.39, 0.29) is 11.3 Å². The molecule has 0 N–H and O–H groups in total. The van der Waals surface area contributed by atoms with Gasteiger partial charge in [-0.1, -0.05) is 0 Å². The van der Waals surface area contributed by atoms with Crippen LogP contribution in [0.5, 0.6) is 0 Å². The predicted molar refractivity (Wildman–Crippen MR) is 79.7 cm³/mol. The second kappa shape index (κ2) is 5.84. The summed E-state index contributed by atoms with van der Waals surface area (Å²) in [5, 5.41) is -0.106. The van der Waals surface area contributed by atoms with Crippen molar-refractivity contribution in [1.29, 1.82) is 0 Å². The third-order valence-electron chi connectivity index (χ3n) is 5.71. The summed E-state index contributed by atoms with van der Waals surface area (Å²) in [6.45, 7) is 1.10. The Kier molecular flexibility index (Phi) is 4.28. The second-order valence-corrected chi connectivity index (χ2v) is 7.85. The fraction of sp³-hybridized carbons (Fsp3) is 0.938. The van der Waals surface area contributed by atoms with Gasteiger partial charge in [-0.15, -0.1) is 11.6 Å². The van der Waals surface area contributed by atoms with E-state index in [1.165, 1.54) is 32.1 Å². The van der Waals surface area contributed by atoms with Gasteiger partial charge in [0.05, 0.1) is 12.0 Å². The number of carbonyl (C=O) groups excluding carboxylic acids is 1. The minimum Gasteiger partial charge on any atom is -0.383 e. The fourth-order valence-electron chi connectivity index (χ4n) is 5.20. The van der Waals surface area contributed by atoms with Crippen LogP contribution in [0.25, 0.3) is 0 Å². The Bertz CT molecular complexity index is 345. The van der Waals surface area contributed by atoms with E-state index >= 15 is 0 Å². The quantitative estimate of drug-likeness (QED) is 0.731. The molecular weight excluding hydrogens is 274 g/mol. The van der Waals surface area contributed by atoms with Crippen molar-refractivity contribution in [3.05, 3.63) is 0 Å². The maximum atomic E-state index is 12.8. The maximum absolute atomic E-state index is 12.8. The fourth-order valence-corrected chi connectivity index (χ4v) is 5.54. The Morgan fingerprint density at radius 2 is 1.75 bits per heavy atom. The van der Waals surface area contributed by atoms with Gasteiger partial charge in [-0.05, 0) is 55.8 Å². The van der Waals surface area contributed by atoms with E-state index in [4.69, 9.17) is 16.3 Å². The first kappa shape index (κ1) is 14.6. The second-order valence-electron chi connectivity index (χ2n) is 7.23. The number of carbonyl (C=O) groups is 1. The zero-order valence-electron chi connectivity index (χ0n) is 12.6. The summed E-state index contributed by atoms with van der Waals surface area (Å²) in [6.07, 6.45) is 6.60. The summed E-state index contributed by atoms with van der Waals surface area (Å²) in [5.74, 6) is 3.75. The minimum absolute atomic E-state index is 0.106. The smallest absolute Gasteiger partial charge is 0.226 e. The van der Waals surface area contributed by atoms with Gasteiger partial charge in [-0.2, -0.15) is 0 Å². The number of rotatable bonds is 5. The van der Waals surface area contributed by atoms with Crippen LogP contribution in [0.2, 0.25) is 0 Å². The van der Waals surface area contributed by atoms with Crippen LogP contribution in [-0.4, -0.2) is 43.5 Å². The maximum Gasteiger partial charge on any atom is 0.226 e. The molecule has 4 rings (SSSR count). The Labute approximate surface area is 127 Å². The Balaban J connectivity index is 1.62. The molecule has 114 valence electrons. The highest BCUT2D eigenvalue weighted by Crippen LogP contribution is 2.56. The summed E-state index contributed by atoms with van der Waals surface area (Å²) in [5.41, 5.74) is 0. The Morgan fingerprint density at radius 1 is 1.20 bits per heavy atom. The molecule has 4 aliphatic rings. The lowest BCUT2D eigenvalue weighted by Crippen LogP contribution is -2.52. The number of methoxy groups -OCH3 is 1. The molecule has 4 fully saturated rings. The molecule has 0 aromatic carbocycles. The van der Waals surface area contributed by atoms with Crippen LogP contribution in [0.4, 0.5) is 0 Å². The molecule has 0 aliphatic heterocycles. The van der Waals surface area contributed by atoms with Crippen LogP contribution >= 0.6 is 11.6 Å². The van der Waals surface area contributed by atoms with E-state index in [0.717, 1.165) is 11.8 Å². The normalized spacial score (nSPS) is 39.9. The van der Waals surface area contributed by atoms with Crippen molar-refractivity contribution >= 4 is 17.5 Å². The minimum atomic E-state index is -0.106. The number of hydrogen-bond donors (Lipinski definition) is 0. The van der Waals surface area contributed by atoms with Gasteiger partial charge in [-0.3, -0.25) is 4.79 Å². The number of hydrogen-bond acceptors (Lipinski definition) is 2. The van der Waals surface area contributed by atoms with Gasteiger partial charge in [-0.25, -0.2) is 0 Å². The van der Waals surface area contributed by atoms with Crippen LogP contribution in [0.15, 0.2) is 0 Å². The van der Waals surface area contributed by atoms with E-state index in [9.17, 15) is 4.79 Å². The van der Waals surface area contributed by atoms with Crippen molar-refractivity contribution in [3.8, 4) is 0 Å². The lowest BCUT2D eigenvalue weighted by molar-refractivity contribution is -0.147. The molecule has 0 heterocycles. The highest BCUT2D eigenvalue weighted by molar-refractivity contribution is 6.21. The molecule has 0 spiro atoms. The lowest BCUT2D eigenvalue weighted by atomic mass is 9.51. The van der Waals surface area contributed by atoms with Crippen molar-refractivity contribution in [2.24, 2.45) is 29.6 Å². The van der Waals surface area contributed by atoms with Crippen LogP contribution < -0.4 is 0 Å². The van der Waals surface area contributed by atoms with Gasteiger partial charge >= 0.3 is 0 Å². The molecule has 0 aromatic heterocycles. The van der Waals surface area contributed by atoms with Crippen molar-refractivity contribution in [1.82, 2.24) is 4.90 Å². The first-order valence-electron chi connectivity index (χ1n) is 7.96. The molecule has 1 unspecified atom stereocenters. The van der Waals surface area contributed by atoms with Gasteiger partial charge in [0.1, 0.15) is 0 Å². The summed E-state index contributed by atoms with van der Waals surface area (Å²) in [6, 6.07) is 0.